The summed E-state index contributed by atoms with van der Waals surface area (Å²) in [5.74, 6) is -1.56. The monoisotopic (exact) mass is 1100 g/mol. The zero-order chi connectivity index (χ0) is 56.8. The number of anilines is 3. The number of rotatable bonds is 15. The van der Waals surface area contributed by atoms with E-state index < -0.39 is 95.4 Å². The number of hydrogen-bond acceptors (Lipinski definition) is 17. The molecule has 20 nitrogen and oxygen atoms in total. The first-order valence-electron chi connectivity index (χ1n) is 26.1. The van der Waals surface area contributed by atoms with Crippen LogP contribution in [-0.4, -0.2) is 111 Å². The van der Waals surface area contributed by atoms with E-state index in [1.807, 2.05) is 65.6 Å². The number of ether oxygens (including phenoxy) is 6. The average Bonchev–Trinajstić information content (AvgIpc) is 1.81. The standard InChI is InChI=1S/C61H55N5O15/c1-76-56(69)46(57(70)77-2)18-11-12-38-22-29-48-47(36-38)61(59(72)64(48)60(73)80-37-39-20-25-44(26-21-39)66(74)75)50(55(68)62-42-23-27-43(28-24-42)63-30-33-78-34-31-63)52-58(71)81-53(41-15-7-4-8-16-41)51(40-13-5-3-6-14-40)65(52)54(61)45-17-9-10-19-49(45)79-35-32-67/h3-10,13-17,19-29,36,46,50-54,67H,18,30-35,37H2,1-2H3,(H,62,68)/t50-,51-,52-,53+,54+,61-/m0/s1. The van der Waals surface area contributed by atoms with Crippen molar-refractivity contribution in [3.05, 3.63) is 195 Å². The van der Waals surface area contributed by atoms with Crippen LogP contribution in [0.2, 0.25) is 0 Å². The number of nitro benzene ring substituents is 1. The molecule has 3 amide bonds. The molecule has 3 saturated heterocycles. The van der Waals surface area contributed by atoms with Crippen molar-refractivity contribution in [3.63, 3.8) is 0 Å². The molecule has 0 saturated carbocycles. The molecule has 6 atom stereocenters. The third kappa shape index (κ3) is 10.5. The Morgan fingerprint density at radius 1 is 0.815 bits per heavy atom. The summed E-state index contributed by atoms with van der Waals surface area (Å²) >= 11 is 0. The Morgan fingerprint density at radius 3 is 2.12 bits per heavy atom. The normalized spacial score (nSPS) is 21.0. The number of aliphatic hydroxyl groups excluding tert-OH is 1. The molecule has 0 unspecified atom stereocenters. The Kier molecular flexibility index (Phi) is 16.2. The maximum Gasteiger partial charge on any atom is 0.421 e. The van der Waals surface area contributed by atoms with E-state index in [0.717, 1.165) is 24.8 Å². The molecule has 0 radical (unpaired) electrons. The molecule has 6 aromatic rings. The summed E-state index contributed by atoms with van der Waals surface area (Å²) in [7, 11) is 2.24. The Hall–Kier alpha value is -9.42. The van der Waals surface area contributed by atoms with Gasteiger partial charge in [-0.1, -0.05) is 90.7 Å². The van der Waals surface area contributed by atoms with Gasteiger partial charge in [0, 0.05) is 54.1 Å². The van der Waals surface area contributed by atoms with Crippen molar-refractivity contribution < 1.29 is 67.2 Å². The summed E-state index contributed by atoms with van der Waals surface area (Å²) in [5, 5.41) is 24.8. The van der Waals surface area contributed by atoms with Crippen LogP contribution in [0.15, 0.2) is 152 Å². The molecule has 4 aliphatic heterocycles. The van der Waals surface area contributed by atoms with Gasteiger partial charge >= 0.3 is 24.0 Å². The lowest BCUT2D eigenvalue weighted by molar-refractivity contribution is -0.384. The summed E-state index contributed by atoms with van der Waals surface area (Å²) in [6.45, 7) is 1.29. The Morgan fingerprint density at radius 2 is 1.47 bits per heavy atom. The van der Waals surface area contributed by atoms with Crippen LogP contribution < -0.4 is 19.9 Å². The maximum atomic E-state index is 16.9. The SMILES string of the molecule is COC(=O)C(CC#Cc1ccc2c(c1)[C@]1(C(=O)N2C(=O)OCc2ccc([N+](=O)[O-])cc2)[C@H](C(=O)Nc2ccc(N3CCOCC3)cc2)[C@H]2C(=O)O[C@H](c3ccccc3)[C@H](c3ccccc3)N2[C@@H]1c1ccccc1OCCO)C(=O)OC. The number of esters is 3. The third-order valence-corrected chi connectivity index (χ3v) is 15.0. The zero-order valence-electron chi connectivity index (χ0n) is 44.0. The van der Waals surface area contributed by atoms with Crippen LogP contribution in [0.1, 0.15) is 58.0 Å². The van der Waals surface area contributed by atoms with Crippen molar-refractivity contribution in [1.29, 1.82) is 0 Å². The summed E-state index contributed by atoms with van der Waals surface area (Å²) in [5.41, 5.74) is 0.721. The Bertz CT molecular complexity index is 3400. The van der Waals surface area contributed by atoms with Gasteiger partial charge in [-0.15, -0.1) is 0 Å². The number of aliphatic hydroxyl groups is 1. The van der Waals surface area contributed by atoms with Crippen molar-refractivity contribution in [2.24, 2.45) is 11.8 Å². The van der Waals surface area contributed by atoms with Gasteiger partial charge in [-0.2, -0.15) is 0 Å². The van der Waals surface area contributed by atoms with Crippen LogP contribution in [0.25, 0.3) is 0 Å². The number of carbonyl (C=O) groups is 6. The molecule has 414 valence electrons. The summed E-state index contributed by atoms with van der Waals surface area (Å²) in [6, 6.07) is 37.9. The highest BCUT2D eigenvalue weighted by molar-refractivity contribution is 6.24. The van der Waals surface area contributed by atoms with Crippen molar-refractivity contribution >= 4 is 58.6 Å². The van der Waals surface area contributed by atoms with Crippen molar-refractivity contribution in [2.45, 2.75) is 42.7 Å². The minimum Gasteiger partial charge on any atom is -0.491 e. The Balaban J connectivity index is 1.23. The topological polar surface area (TPSA) is 243 Å². The third-order valence-electron chi connectivity index (χ3n) is 15.0. The first kappa shape index (κ1) is 54.9. The van der Waals surface area contributed by atoms with E-state index in [0.29, 0.717) is 54.2 Å². The molecule has 0 aromatic heterocycles. The molecule has 1 spiro atoms. The van der Waals surface area contributed by atoms with E-state index in [1.165, 1.54) is 42.5 Å². The Labute approximate surface area is 465 Å². The number of nitrogens with one attached hydrogen (secondary N) is 1. The van der Waals surface area contributed by atoms with Gasteiger partial charge in [-0.05, 0) is 82.9 Å². The summed E-state index contributed by atoms with van der Waals surface area (Å²) in [6.07, 6.45) is -2.60. The average molecular weight is 1100 g/mol. The van der Waals surface area contributed by atoms with Gasteiger partial charge in [0.2, 0.25) is 11.8 Å². The lowest BCUT2D eigenvalue weighted by Gasteiger charge is -2.46. The van der Waals surface area contributed by atoms with E-state index in [9.17, 15) is 24.8 Å². The first-order chi connectivity index (χ1) is 39.4. The van der Waals surface area contributed by atoms with Crippen molar-refractivity contribution in [3.8, 4) is 17.6 Å². The van der Waals surface area contributed by atoms with Crippen LogP contribution in [-0.2, 0) is 59.7 Å². The number of benzene rings is 6. The van der Waals surface area contributed by atoms with Crippen molar-refractivity contribution in [1.82, 2.24) is 4.90 Å². The van der Waals surface area contributed by atoms with Gasteiger partial charge in [-0.25, -0.2) is 9.69 Å². The fraction of sp³-hybridized carbons (Fsp3) is 0.279. The number of non-ortho nitro benzene ring substituents is 1. The van der Waals surface area contributed by atoms with Crippen LogP contribution in [0.3, 0.4) is 0 Å². The second kappa shape index (κ2) is 23.9. The number of amides is 3. The van der Waals surface area contributed by atoms with Gasteiger partial charge in [0.25, 0.3) is 5.69 Å². The van der Waals surface area contributed by atoms with E-state index in [2.05, 4.69) is 22.1 Å². The van der Waals surface area contributed by atoms with E-state index in [-0.39, 0.29) is 41.3 Å². The number of imide groups is 1. The smallest absolute Gasteiger partial charge is 0.421 e. The number of hydrogen-bond donors (Lipinski definition) is 2. The lowest BCUT2D eigenvalue weighted by Crippen LogP contribution is -2.54. The highest BCUT2D eigenvalue weighted by atomic mass is 16.6. The molecular weight excluding hydrogens is 1040 g/mol. The van der Waals surface area contributed by atoms with E-state index in [4.69, 9.17) is 28.4 Å². The zero-order valence-corrected chi connectivity index (χ0v) is 44.0. The predicted molar refractivity (Wildman–Crippen MR) is 291 cm³/mol. The highest BCUT2D eigenvalue weighted by Crippen LogP contribution is 2.67. The van der Waals surface area contributed by atoms with Crippen LogP contribution in [0.5, 0.6) is 5.75 Å². The molecule has 0 aliphatic carbocycles. The van der Waals surface area contributed by atoms with Crippen molar-refractivity contribution in [2.75, 3.05) is 68.9 Å². The number of methoxy groups -OCH3 is 2. The number of nitrogens with zero attached hydrogens (tertiary/aromatic N) is 4. The van der Waals surface area contributed by atoms with E-state index in [1.54, 1.807) is 48.5 Å². The molecule has 20 heteroatoms. The number of cyclic esters (lactones) is 1. The molecule has 81 heavy (non-hydrogen) atoms. The second-order valence-corrected chi connectivity index (χ2v) is 19.5. The predicted octanol–water partition coefficient (Wildman–Crippen LogP) is 7.15. The minimum absolute atomic E-state index is 0.0447. The molecule has 6 aromatic carbocycles. The molecule has 4 heterocycles. The minimum atomic E-state index is -2.33. The van der Waals surface area contributed by atoms with Crippen LogP contribution in [0, 0.1) is 33.8 Å². The molecule has 4 aliphatic rings. The summed E-state index contributed by atoms with van der Waals surface area (Å²) in [4.78, 5) is 105. The number of morpholine rings is 2. The number of para-hydroxylation sites is 1. The van der Waals surface area contributed by atoms with Gasteiger partial charge in [0.05, 0.1) is 62.7 Å². The van der Waals surface area contributed by atoms with E-state index >= 15 is 19.2 Å². The molecular formula is C61H55N5O15. The van der Waals surface area contributed by atoms with Gasteiger partial charge < -0.3 is 43.7 Å². The maximum absolute atomic E-state index is 16.9. The molecule has 3 fully saturated rings. The fourth-order valence-corrected chi connectivity index (χ4v) is 11.5. The van der Waals surface area contributed by atoms with Crippen LogP contribution in [0.4, 0.5) is 27.5 Å². The second-order valence-electron chi connectivity index (χ2n) is 19.5. The lowest BCUT2D eigenvalue weighted by atomic mass is 9.65. The molecule has 10 rings (SSSR count). The molecule has 2 N–H and O–H groups in total. The van der Waals surface area contributed by atoms with Gasteiger partial charge in [0.15, 0.2) is 5.92 Å². The molecule has 0 bridgehead atoms. The highest BCUT2D eigenvalue weighted by Gasteiger charge is 2.76. The van der Waals surface area contributed by atoms with Gasteiger partial charge in [0.1, 0.15) is 36.5 Å². The largest absolute Gasteiger partial charge is 0.491 e. The number of fused-ring (bicyclic) bond motifs is 3. The fourth-order valence-electron chi connectivity index (χ4n) is 11.5. The number of nitro groups is 1. The number of carbonyl (C=O) groups excluding carboxylic acids is 6. The van der Waals surface area contributed by atoms with Crippen LogP contribution >= 0.6 is 0 Å². The van der Waals surface area contributed by atoms with Gasteiger partial charge in [-0.3, -0.25) is 39.0 Å². The summed E-state index contributed by atoms with van der Waals surface area (Å²) < 4.78 is 34.2. The quantitative estimate of drug-likeness (QED) is 0.0259. The first-order valence-corrected chi connectivity index (χ1v) is 26.1.